The summed E-state index contributed by atoms with van der Waals surface area (Å²) in [7, 11) is 1.53. The van der Waals surface area contributed by atoms with E-state index in [1.807, 2.05) is 43.3 Å². The predicted molar refractivity (Wildman–Crippen MR) is 162 cm³/mol. The van der Waals surface area contributed by atoms with E-state index in [-0.39, 0.29) is 34.9 Å². The summed E-state index contributed by atoms with van der Waals surface area (Å²) < 4.78 is 12.2. The van der Waals surface area contributed by atoms with Gasteiger partial charge in [0.25, 0.3) is 5.91 Å². The van der Waals surface area contributed by atoms with E-state index in [2.05, 4.69) is 54.3 Å². The van der Waals surface area contributed by atoms with Crippen LogP contribution in [0.5, 0.6) is 11.5 Å². The van der Waals surface area contributed by atoms with Crippen LogP contribution in [0, 0.1) is 17.8 Å². The highest BCUT2D eigenvalue weighted by atomic mass is 79.9. The number of ether oxygens (including phenoxy) is 2. The van der Waals surface area contributed by atoms with Crippen LogP contribution in [-0.4, -0.2) is 31.2 Å². The van der Waals surface area contributed by atoms with Crippen LogP contribution in [0.1, 0.15) is 70.4 Å². The molecule has 0 spiro atoms. The van der Waals surface area contributed by atoms with Gasteiger partial charge in [0, 0.05) is 47.0 Å². The Morgan fingerprint density at radius 3 is 2.05 bits per heavy atom. The molecule has 8 heteroatoms. The fourth-order valence-electron chi connectivity index (χ4n) is 6.24. The zero-order valence-corrected chi connectivity index (χ0v) is 26.1. The Labute approximate surface area is 249 Å². The van der Waals surface area contributed by atoms with Gasteiger partial charge in [-0.05, 0) is 76.4 Å². The largest absolute Gasteiger partial charge is 0.493 e. The molecule has 0 unspecified atom stereocenters. The first-order valence-electron chi connectivity index (χ1n) is 13.9. The molecule has 41 heavy (non-hydrogen) atoms. The number of ketones is 2. The molecule has 3 aliphatic rings. The molecule has 2 N–H and O–H groups in total. The van der Waals surface area contributed by atoms with Crippen molar-refractivity contribution >= 4 is 39.1 Å². The number of allylic oxidation sites excluding steroid dienone is 4. The van der Waals surface area contributed by atoms with Gasteiger partial charge in [-0.15, -0.1) is 0 Å². The maximum absolute atomic E-state index is 13.6. The third-order valence-corrected chi connectivity index (χ3v) is 8.58. The number of aryl methyl sites for hydroxylation is 1. The van der Waals surface area contributed by atoms with Crippen molar-refractivity contribution in [3.8, 4) is 11.5 Å². The van der Waals surface area contributed by atoms with E-state index < -0.39 is 5.92 Å². The van der Waals surface area contributed by atoms with Crippen LogP contribution in [-0.2, 0) is 14.4 Å². The van der Waals surface area contributed by atoms with Crippen LogP contribution in [0.25, 0.3) is 0 Å². The zero-order valence-electron chi connectivity index (χ0n) is 24.5. The van der Waals surface area contributed by atoms with Crippen LogP contribution >= 0.6 is 15.9 Å². The van der Waals surface area contributed by atoms with Crippen LogP contribution in [0.15, 0.2) is 63.4 Å². The van der Waals surface area contributed by atoms with Crippen molar-refractivity contribution < 1.29 is 23.9 Å². The number of anilines is 1. The van der Waals surface area contributed by atoms with Crippen molar-refractivity contribution in [3.05, 3.63) is 74.5 Å². The number of dihydropyridines is 1. The van der Waals surface area contributed by atoms with Gasteiger partial charge in [-0.1, -0.05) is 45.4 Å². The second kappa shape index (κ2) is 10.8. The quantitative estimate of drug-likeness (QED) is 0.371. The van der Waals surface area contributed by atoms with Gasteiger partial charge in [0.1, 0.15) is 0 Å². The van der Waals surface area contributed by atoms with Gasteiger partial charge in [-0.3, -0.25) is 14.4 Å². The Balaban J connectivity index is 1.50. The number of nitrogens with one attached hydrogen (secondary N) is 2. The summed E-state index contributed by atoms with van der Waals surface area (Å²) in [6, 6.07) is 11.2. The molecule has 1 amide bonds. The lowest BCUT2D eigenvalue weighted by molar-refractivity contribution is -0.119. The number of halogens is 1. The maximum atomic E-state index is 13.6. The van der Waals surface area contributed by atoms with Crippen LogP contribution < -0.4 is 20.1 Å². The third-order valence-electron chi connectivity index (χ3n) is 7.99. The molecular weight excluding hydrogens is 584 g/mol. The molecule has 2 aromatic carbocycles. The standard InChI is InChI=1S/C33H37BrN2O5/c1-18-7-9-20(10-8-18)35-27(39)17-41-31-21(34)11-19(12-26(31)40-6)28-29-22(13-32(2,3)15-24(29)37)36-23-14-33(4,5)16-25(38)30(23)28/h7-12,28,36H,13-17H2,1-6H3,(H,35,39). The van der Waals surface area contributed by atoms with Crippen LogP contribution in [0.4, 0.5) is 5.69 Å². The van der Waals surface area contributed by atoms with E-state index in [0.29, 0.717) is 45.6 Å². The molecule has 2 aromatic rings. The molecule has 0 bridgehead atoms. The molecular formula is C33H37BrN2O5. The van der Waals surface area contributed by atoms with E-state index in [1.54, 1.807) is 0 Å². The topological polar surface area (TPSA) is 93.7 Å². The molecule has 1 heterocycles. The van der Waals surface area contributed by atoms with E-state index >= 15 is 0 Å². The van der Waals surface area contributed by atoms with Gasteiger partial charge in [0.05, 0.1) is 11.6 Å². The van der Waals surface area contributed by atoms with Gasteiger partial charge in [0.15, 0.2) is 29.7 Å². The molecule has 2 aliphatic carbocycles. The highest BCUT2D eigenvalue weighted by molar-refractivity contribution is 9.10. The number of hydrogen-bond acceptors (Lipinski definition) is 6. The summed E-state index contributed by atoms with van der Waals surface area (Å²) in [6.45, 7) is 10.2. The number of Topliss-reactive ketones (excluding diaryl/α,β-unsaturated/α-hetero) is 2. The summed E-state index contributed by atoms with van der Waals surface area (Å²) in [5.41, 5.74) is 5.35. The van der Waals surface area contributed by atoms with Crippen molar-refractivity contribution in [1.82, 2.24) is 5.32 Å². The van der Waals surface area contributed by atoms with E-state index in [1.165, 1.54) is 7.11 Å². The lowest BCUT2D eigenvalue weighted by Gasteiger charge is -2.44. The molecule has 0 radical (unpaired) electrons. The Morgan fingerprint density at radius 1 is 0.951 bits per heavy atom. The minimum absolute atomic E-state index is 0.0566. The molecule has 0 aromatic heterocycles. The number of carbonyl (C=O) groups excluding carboxylic acids is 3. The second-order valence-corrected chi connectivity index (χ2v) is 13.8. The van der Waals surface area contributed by atoms with E-state index in [0.717, 1.165) is 35.4 Å². The summed E-state index contributed by atoms with van der Waals surface area (Å²) >= 11 is 3.62. The zero-order chi connectivity index (χ0) is 29.7. The normalized spacial score (nSPS) is 19.8. The van der Waals surface area contributed by atoms with Gasteiger partial charge in [0.2, 0.25) is 0 Å². The summed E-state index contributed by atoms with van der Waals surface area (Å²) in [5, 5.41) is 6.38. The molecule has 216 valence electrons. The van der Waals surface area contributed by atoms with Gasteiger partial charge < -0.3 is 20.1 Å². The van der Waals surface area contributed by atoms with Crippen molar-refractivity contribution in [3.63, 3.8) is 0 Å². The number of amides is 1. The Hall–Kier alpha value is -3.39. The van der Waals surface area contributed by atoms with E-state index in [9.17, 15) is 14.4 Å². The van der Waals surface area contributed by atoms with Gasteiger partial charge >= 0.3 is 0 Å². The molecule has 0 saturated heterocycles. The van der Waals surface area contributed by atoms with Crippen molar-refractivity contribution in [2.24, 2.45) is 10.8 Å². The number of benzene rings is 2. The summed E-state index contributed by atoms with van der Waals surface area (Å²) in [5.74, 6) is 0.0906. The SMILES string of the molecule is COc1cc(C2C3=C(CC(C)(C)CC3=O)NC3=C2C(=O)CC(C)(C)C3)cc(Br)c1OCC(=O)Nc1ccc(C)cc1. The lowest BCUT2D eigenvalue weighted by atomic mass is 9.64. The summed E-state index contributed by atoms with van der Waals surface area (Å²) in [4.78, 5) is 39.9. The minimum Gasteiger partial charge on any atom is -0.493 e. The number of carbonyl (C=O) groups is 3. The molecule has 0 atom stereocenters. The fraction of sp³-hybridized carbons (Fsp3) is 0.424. The maximum Gasteiger partial charge on any atom is 0.262 e. The Morgan fingerprint density at radius 2 is 1.51 bits per heavy atom. The smallest absolute Gasteiger partial charge is 0.262 e. The molecule has 1 aliphatic heterocycles. The minimum atomic E-state index is -0.502. The first-order valence-corrected chi connectivity index (χ1v) is 14.7. The van der Waals surface area contributed by atoms with Crippen LogP contribution in [0.3, 0.4) is 0 Å². The molecule has 0 fully saturated rings. The summed E-state index contributed by atoms with van der Waals surface area (Å²) in [6.07, 6.45) is 2.29. The average Bonchev–Trinajstić information content (AvgIpc) is 2.86. The van der Waals surface area contributed by atoms with Crippen molar-refractivity contribution in [2.45, 2.75) is 66.2 Å². The number of hydrogen-bond donors (Lipinski definition) is 2. The average molecular weight is 622 g/mol. The van der Waals surface area contributed by atoms with Gasteiger partial charge in [-0.2, -0.15) is 0 Å². The molecule has 0 saturated carbocycles. The second-order valence-electron chi connectivity index (χ2n) is 13.0. The fourth-order valence-corrected chi connectivity index (χ4v) is 6.81. The Bertz CT molecular complexity index is 1450. The first-order chi connectivity index (χ1) is 19.3. The van der Waals surface area contributed by atoms with Gasteiger partial charge in [-0.25, -0.2) is 0 Å². The number of methoxy groups -OCH3 is 1. The van der Waals surface area contributed by atoms with Crippen LogP contribution in [0.2, 0.25) is 0 Å². The third kappa shape index (κ3) is 5.98. The van der Waals surface area contributed by atoms with E-state index in [4.69, 9.17) is 9.47 Å². The Kier molecular flexibility index (Phi) is 7.66. The lowest BCUT2D eigenvalue weighted by Crippen LogP contribution is -2.42. The predicted octanol–water partition coefficient (Wildman–Crippen LogP) is 6.76. The highest BCUT2D eigenvalue weighted by Crippen LogP contribution is 2.52. The van der Waals surface area contributed by atoms with Crippen molar-refractivity contribution in [2.75, 3.05) is 19.0 Å². The molecule has 5 rings (SSSR count). The van der Waals surface area contributed by atoms with Crippen molar-refractivity contribution in [1.29, 1.82) is 0 Å². The monoisotopic (exact) mass is 620 g/mol. The molecule has 7 nitrogen and oxygen atoms in total. The number of rotatable bonds is 6. The first kappa shape index (κ1) is 29.1. The highest BCUT2D eigenvalue weighted by Gasteiger charge is 2.46.